The van der Waals surface area contributed by atoms with Gasteiger partial charge in [-0.1, -0.05) is 18.5 Å². The van der Waals surface area contributed by atoms with E-state index in [0.29, 0.717) is 23.1 Å². The van der Waals surface area contributed by atoms with E-state index in [9.17, 15) is 8.42 Å². The lowest BCUT2D eigenvalue weighted by atomic mass is 10.1. The molecule has 2 aromatic heterocycles. The van der Waals surface area contributed by atoms with E-state index >= 15 is 0 Å². The highest BCUT2D eigenvalue weighted by Gasteiger charge is 2.15. The Balaban J connectivity index is 1.97. The number of sulfone groups is 1. The van der Waals surface area contributed by atoms with E-state index in [4.69, 9.17) is 16.3 Å². The van der Waals surface area contributed by atoms with Crippen LogP contribution in [0.25, 0.3) is 16.9 Å². The Bertz CT molecular complexity index is 997. The van der Waals surface area contributed by atoms with Gasteiger partial charge in [0.2, 0.25) is 0 Å². The van der Waals surface area contributed by atoms with Crippen LogP contribution in [-0.4, -0.2) is 35.8 Å². The van der Waals surface area contributed by atoms with Gasteiger partial charge in [-0.3, -0.25) is 4.57 Å². The first-order valence-electron chi connectivity index (χ1n) is 8.02. The van der Waals surface area contributed by atoms with Crippen LogP contribution in [0.2, 0.25) is 5.15 Å². The van der Waals surface area contributed by atoms with Crippen LogP contribution in [0.4, 0.5) is 0 Å². The lowest BCUT2D eigenvalue weighted by molar-refractivity contribution is 0.317. The highest BCUT2D eigenvalue weighted by molar-refractivity contribution is 7.90. The minimum Gasteiger partial charge on any atom is -0.494 e. The fourth-order valence-corrected chi connectivity index (χ4v) is 3.25. The zero-order chi connectivity index (χ0) is 18.7. The number of pyridine rings is 1. The van der Waals surface area contributed by atoms with Gasteiger partial charge in [-0.25, -0.2) is 18.4 Å². The number of rotatable bonds is 6. The summed E-state index contributed by atoms with van der Waals surface area (Å²) in [6, 6.07) is 10.7. The van der Waals surface area contributed by atoms with E-state index in [-0.39, 0.29) is 5.03 Å². The maximum atomic E-state index is 11.6. The molecule has 1 aromatic carbocycles. The van der Waals surface area contributed by atoms with E-state index in [1.54, 1.807) is 17.0 Å². The Morgan fingerprint density at radius 1 is 1.12 bits per heavy atom. The third kappa shape index (κ3) is 3.89. The fraction of sp³-hybridized carbons (Fsp3) is 0.222. The molecule has 0 atom stereocenters. The summed E-state index contributed by atoms with van der Waals surface area (Å²) in [6.45, 7) is 2.71. The summed E-state index contributed by atoms with van der Waals surface area (Å²) in [5.74, 6) is 0.789. The minimum atomic E-state index is -3.35. The Morgan fingerprint density at radius 3 is 2.42 bits per heavy atom. The minimum absolute atomic E-state index is 0.0199. The van der Waals surface area contributed by atoms with Crippen molar-refractivity contribution < 1.29 is 13.2 Å². The third-order valence-corrected chi connectivity index (χ3v) is 4.98. The Hall–Kier alpha value is -2.38. The number of aromatic nitrogens is 3. The Labute approximate surface area is 157 Å². The summed E-state index contributed by atoms with van der Waals surface area (Å²) in [4.78, 5) is 8.18. The second-order valence-electron chi connectivity index (χ2n) is 5.75. The first-order chi connectivity index (χ1) is 12.4. The molecule has 0 unspecified atom stereocenters. The summed E-state index contributed by atoms with van der Waals surface area (Å²) in [6.07, 6.45) is 5.13. The van der Waals surface area contributed by atoms with Gasteiger partial charge in [-0.05, 0) is 42.8 Å². The largest absolute Gasteiger partial charge is 0.494 e. The van der Waals surface area contributed by atoms with Crippen LogP contribution in [0.1, 0.15) is 13.3 Å². The van der Waals surface area contributed by atoms with Gasteiger partial charge in [-0.2, -0.15) is 0 Å². The first kappa shape index (κ1) is 18.4. The monoisotopic (exact) mass is 391 g/mol. The number of ether oxygens (including phenoxy) is 1. The molecule has 0 spiro atoms. The molecular formula is C18H18ClN3O3S. The summed E-state index contributed by atoms with van der Waals surface area (Å²) in [5, 5.41) is 0.367. The standard InChI is InChI=1S/C18H18ClN3O3S/c1-3-10-25-15-7-4-13(5-8-15)17-18(19)21-12-22(17)14-6-9-16(20-11-14)26(2,23)24/h4-9,11-12H,3,10H2,1-2H3. The predicted molar refractivity (Wildman–Crippen MR) is 101 cm³/mol. The Kier molecular flexibility index (Phi) is 5.29. The predicted octanol–water partition coefficient (Wildman–Crippen LogP) is 3.78. The van der Waals surface area contributed by atoms with Gasteiger partial charge in [0.1, 0.15) is 12.1 Å². The van der Waals surface area contributed by atoms with Crippen LogP contribution in [0.3, 0.4) is 0 Å². The van der Waals surface area contributed by atoms with Crippen molar-refractivity contribution in [2.24, 2.45) is 0 Å². The van der Waals surface area contributed by atoms with Crippen molar-refractivity contribution in [1.29, 1.82) is 0 Å². The zero-order valence-corrected chi connectivity index (χ0v) is 16.0. The fourth-order valence-electron chi connectivity index (χ4n) is 2.44. The molecule has 0 amide bonds. The molecule has 0 aliphatic heterocycles. The molecule has 3 aromatic rings. The van der Waals surface area contributed by atoms with E-state index < -0.39 is 9.84 Å². The van der Waals surface area contributed by atoms with Crippen molar-refractivity contribution in [3.63, 3.8) is 0 Å². The maximum Gasteiger partial charge on any atom is 0.192 e. The van der Waals surface area contributed by atoms with E-state index in [1.807, 2.05) is 24.3 Å². The summed E-state index contributed by atoms with van der Waals surface area (Å²) >= 11 is 6.28. The van der Waals surface area contributed by atoms with Gasteiger partial charge in [0.15, 0.2) is 20.0 Å². The van der Waals surface area contributed by atoms with Gasteiger partial charge < -0.3 is 4.74 Å². The molecule has 0 bridgehead atoms. The molecule has 0 N–H and O–H groups in total. The third-order valence-electron chi connectivity index (χ3n) is 3.70. The quantitative estimate of drug-likeness (QED) is 0.639. The highest BCUT2D eigenvalue weighted by atomic mass is 35.5. The average Bonchev–Trinajstić information content (AvgIpc) is 3.01. The molecule has 6 nitrogen and oxygen atoms in total. The summed E-state index contributed by atoms with van der Waals surface area (Å²) in [7, 11) is -3.35. The second kappa shape index (κ2) is 7.47. The molecule has 0 aliphatic carbocycles. The van der Waals surface area contributed by atoms with Crippen LogP contribution in [0.5, 0.6) is 5.75 Å². The molecule has 2 heterocycles. The van der Waals surface area contributed by atoms with Crippen molar-refractivity contribution in [2.75, 3.05) is 12.9 Å². The molecular weight excluding hydrogens is 374 g/mol. The van der Waals surface area contributed by atoms with Crippen LogP contribution < -0.4 is 4.74 Å². The molecule has 8 heteroatoms. The number of benzene rings is 1. The topological polar surface area (TPSA) is 74.1 Å². The average molecular weight is 392 g/mol. The number of hydrogen-bond acceptors (Lipinski definition) is 5. The molecule has 0 fully saturated rings. The summed E-state index contributed by atoms with van der Waals surface area (Å²) in [5.41, 5.74) is 2.23. The van der Waals surface area contributed by atoms with Crippen LogP contribution in [0.15, 0.2) is 53.9 Å². The second-order valence-corrected chi connectivity index (χ2v) is 8.07. The SMILES string of the molecule is CCCOc1ccc(-c2c(Cl)ncn2-c2ccc(S(C)(=O)=O)nc2)cc1. The lowest BCUT2D eigenvalue weighted by Crippen LogP contribution is -2.02. The van der Waals surface area contributed by atoms with E-state index in [2.05, 4.69) is 16.9 Å². The first-order valence-corrected chi connectivity index (χ1v) is 10.3. The van der Waals surface area contributed by atoms with Crippen molar-refractivity contribution in [1.82, 2.24) is 14.5 Å². The van der Waals surface area contributed by atoms with Gasteiger partial charge in [0, 0.05) is 11.8 Å². The molecule has 0 aliphatic rings. The molecule has 136 valence electrons. The molecule has 0 saturated heterocycles. The van der Waals surface area contributed by atoms with Gasteiger partial charge in [0.05, 0.1) is 24.2 Å². The summed E-state index contributed by atoms with van der Waals surface area (Å²) < 4.78 is 30.5. The maximum absolute atomic E-state index is 11.6. The lowest BCUT2D eigenvalue weighted by Gasteiger charge is -2.10. The van der Waals surface area contributed by atoms with E-state index in [1.165, 1.54) is 12.3 Å². The smallest absolute Gasteiger partial charge is 0.192 e. The van der Waals surface area contributed by atoms with Crippen molar-refractivity contribution in [2.45, 2.75) is 18.4 Å². The number of hydrogen-bond donors (Lipinski definition) is 0. The highest BCUT2D eigenvalue weighted by Crippen LogP contribution is 2.30. The van der Waals surface area contributed by atoms with Crippen molar-refractivity contribution >= 4 is 21.4 Å². The Morgan fingerprint density at radius 2 is 1.85 bits per heavy atom. The van der Waals surface area contributed by atoms with Crippen molar-refractivity contribution in [3.05, 3.63) is 54.1 Å². The molecule has 26 heavy (non-hydrogen) atoms. The van der Waals surface area contributed by atoms with Gasteiger partial charge in [0.25, 0.3) is 0 Å². The zero-order valence-electron chi connectivity index (χ0n) is 14.4. The molecule has 0 saturated carbocycles. The molecule has 3 rings (SSSR count). The number of halogens is 1. The van der Waals surface area contributed by atoms with Crippen LogP contribution >= 0.6 is 11.6 Å². The number of nitrogens with zero attached hydrogens (tertiary/aromatic N) is 3. The molecule has 0 radical (unpaired) electrons. The van der Waals surface area contributed by atoms with Crippen LogP contribution in [0, 0.1) is 0 Å². The number of imidazole rings is 1. The van der Waals surface area contributed by atoms with Crippen LogP contribution in [-0.2, 0) is 9.84 Å². The van der Waals surface area contributed by atoms with Gasteiger partial charge >= 0.3 is 0 Å². The van der Waals surface area contributed by atoms with Gasteiger partial charge in [-0.15, -0.1) is 0 Å². The van der Waals surface area contributed by atoms with Crippen molar-refractivity contribution in [3.8, 4) is 22.7 Å². The van der Waals surface area contributed by atoms with E-state index in [0.717, 1.165) is 24.0 Å². The normalized spacial score (nSPS) is 11.5.